The van der Waals surface area contributed by atoms with Crippen LogP contribution in [0.5, 0.6) is 0 Å². The molecule has 0 aliphatic heterocycles. The lowest BCUT2D eigenvalue weighted by atomic mass is 10.1. The fourth-order valence-corrected chi connectivity index (χ4v) is 2.13. The first kappa shape index (κ1) is 13.4. The molecule has 106 valence electrons. The van der Waals surface area contributed by atoms with Crippen LogP contribution in [0.1, 0.15) is 5.56 Å². The van der Waals surface area contributed by atoms with E-state index in [0.29, 0.717) is 11.3 Å². The third kappa shape index (κ3) is 2.52. The van der Waals surface area contributed by atoms with Crippen LogP contribution in [0.4, 0.5) is 19.0 Å². The number of nitrogens with zero attached hydrogens (tertiary/aromatic N) is 2. The summed E-state index contributed by atoms with van der Waals surface area (Å²) in [5.41, 5.74) is 5.89. The van der Waals surface area contributed by atoms with Gasteiger partial charge in [0, 0.05) is 28.7 Å². The number of pyridine rings is 2. The molecule has 2 heterocycles. The SMILES string of the molecule is Nc1nc(-c2cccc(C(F)(F)F)c2)cc2cnccc12. The van der Waals surface area contributed by atoms with Crippen molar-refractivity contribution >= 4 is 16.6 Å². The summed E-state index contributed by atoms with van der Waals surface area (Å²) < 4.78 is 38.3. The van der Waals surface area contributed by atoms with Gasteiger partial charge in [0.1, 0.15) is 5.82 Å². The predicted octanol–water partition coefficient (Wildman–Crippen LogP) is 3.90. The van der Waals surface area contributed by atoms with Crippen molar-refractivity contribution in [3.05, 3.63) is 54.4 Å². The van der Waals surface area contributed by atoms with Gasteiger partial charge >= 0.3 is 6.18 Å². The minimum atomic E-state index is -4.39. The van der Waals surface area contributed by atoms with Crippen molar-refractivity contribution in [2.45, 2.75) is 6.18 Å². The van der Waals surface area contributed by atoms with Gasteiger partial charge in [-0.3, -0.25) is 4.98 Å². The fraction of sp³-hybridized carbons (Fsp3) is 0.0667. The Morgan fingerprint density at radius 2 is 1.86 bits per heavy atom. The molecule has 3 nitrogen and oxygen atoms in total. The van der Waals surface area contributed by atoms with Crippen LogP contribution in [-0.2, 0) is 6.18 Å². The summed E-state index contributed by atoms with van der Waals surface area (Å²) >= 11 is 0. The van der Waals surface area contributed by atoms with Gasteiger partial charge in [-0.15, -0.1) is 0 Å². The molecule has 0 amide bonds. The van der Waals surface area contributed by atoms with Crippen LogP contribution in [0.25, 0.3) is 22.0 Å². The summed E-state index contributed by atoms with van der Waals surface area (Å²) in [7, 11) is 0. The molecule has 0 spiro atoms. The van der Waals surface area contributed by atoms with Gasteiger partial charge in [0.05, 0.1) is 11.3 Å². The Labute approximate surface area is 118 Å². The molecule has 2 N–H and O–H groups in total. The number of anilines is 1. The zero-order valence-corrected chi connectivity index (χ0v) is 10.7. The number of aromatic nitrogens is 2. The molecule has 0 saturated carbocycles. The van der Waals surface area contributed by atoms with Gasteiger partial charge in [-0.2, -0.15) is 13.2 Å². The van der Waals surface area contributed by atoms with E-state index in [1.807, 2.05) is 0 Å². The first-order valence-electron chi connectivity index (χ1n) is 6.13. The van der Waals surface area contributed by atoms with E-state index in [1.165, 1.54) is 6.07 Å². The molecule has 3 rings (SSSR count). The molecule has 0 aliphatic rings. The summed E-state index contributed by atoms with van der Waals surface area (Å²) in [6, 6.07) is 8.39. The number of halogens is 3. The molecule has 0 fully saturated rings. The van der Waals surface area contributed by atoms with Gasteiger partial charge in [-0.05, 0) is 24.3 Å². The summed E-state index contributed by atoms with van der Waals surface area (Å²) in [5, 5.41) is 1.46. The first-order valence-corrected chi connectivity index (χ1v) is 6.13. The minimum absolute atomic E-state index is 0.266. The Morgan fingerprint density at radius 3 is 2.62 bits per heavy atom. The Bertz CT molecular complexity index is 813. The molecular weight excluding hydrogens is 279 g/mol. The lowest BCUT2D eigenvalue weighted by Gasteiger charge is -2.10. The van der Waals surface area contributed by atoms with Crippen molar-refractivity contribution in [2.75, 3.05) is 5.73 Å². The molecule has 3 aromatic rings. The van der Waals surface area contributed by atoms with E-state index >= 15 is 0 Å². The monoisotopic (exact) mass is 289 g/mol. The first-order chi connectivity index (χ1) is 9.95. The number of alkyl halides is 3. The maximum atomic E-state index is 12.8. The van der Waals surface area contributed by atoms with Crippen molar-refractivity contribution in [3.63, 3.8) is 0 Å². The molecule has 0 aliphatic carbocycles. The third-order valence-corrected chi connectivity index (χ3v) is 3.15. The lowest BCUT2D eigenvalue weighted by Crippen LogP contribution is -2.04. The van der Waals surface area contributed by atoms with Gasteiger partial charge in [-0.25, -0.2) is 4.98 Å². The minimum Gasteiger partial charge on any atom is -0.383 e. The van der Waals surface area contributed by atoms with Crippen LogP contribution in [0.2, 0.25) is 0 Å². The molecule has 0 unspecified atom stereocenters. The van der Waals surface area contributed by atoms with Crippen LogP contribution >= 0.6 is 0 Å². The highest BCUT2D eigenvalue weighted by Crippen LogP contribution is 2.32. The number of rotatable bonds is 1. The largest absolute Gasteiger partial charge is 0.416 e. The van der Waals surface area contributed by atoms with Crippen LogP contribution in [0.15, 0.2) is 48.8 Å². The number of nitrogen functional groups attached to an aromatic ring is 1. The van der Waals surface area contributed by atoms with Gasteiger partial charge in [0.25, 0.3) is 0 Å². The maximum Gasteiger partial charge on any atom is 0.416 e. The summed E-state index contributed by atoms with van der Waals surface area (Å²) in [6.45, 7) is 0. The molecule has 21 heavy (non-hydrogen) atoms. The number of benzene rings is 1. The molecule has 0 saturated heterocycles. The molecule has 0 bridgehead atoms. The Hall–Kier alpha value is -2.63. The Kier molecular flexibility index (Phi) is 3.01. The number of nitrogens with two attached hydrogens (primary N) is 1. The second-order valence-electron chi connectivity index (χ2n) is 4.57. The van der Waals surface area contributed by atoms with E-state index < -0.39 is 11.7 Å². The normalized spacial score (nSPS) is 11.8. The van der Waals surface area contributed by atoms with Crippen molar-refractivity contribution in [1.29, 1.82) is 0 Å². The van der Waals surface area contributed by atoms with E-state index in [0.717, 1.165) is 22.9 Å². The highest BCUT2D eigenvalue weighted by Gasteiger charge is 2.30. The van der Waals surface area contributed by atoms with Crippen LogP contribution in [0.3, 0.4) is 0 Å². The smallest absolute Gasteiger partial charge is 0.383 e. The van der Waals surface area contributed by atoms with Crippen molar-refractivity contribution < 1.29 is 13.2 Å². The zero-order valence-electron chi connectivity index (χ0n) is 10.7. The van der Waals surface area contributed by atoms with Gasteiger partial charge in [0.2, 0.25) is 0 Å². The highest BCUT2D eigenvalue weighted by atomic mass is 19.4. The van der Waals surface area contributed by atoms with Crippen molar-refractivity contribution in [2.24, 2.45) is 0 Å². The second kappa shape index (κ2) is 4.73. The fourth-order valence-electron chi connectivity index (χ4n) is 2.13. The van der Waals surface area contributed by atoms with E-state index in [4.69, 9.17) is 5.73 Å². The van der Waals surface area contributed by atoms with E-state index in [2.05, 4.69) is 9.97 Å². The molecule has 2 aromatic heterocycles. The molecule has 6 heteroatoms. The van der Waals surface area contributed by atoms with Gasteiger partial charge in [0.15, 0.2) is 0 Å². The number of hydrogen-bond donors (Lipinski definition) is 1. The van der Waals surface area contributed by atoms with E-state index in [1.54, 1.807) is 30.6 Å². The summed E-state index contributed by atoms with van der Waals surface area (Å²) in [6.07, 6.45) is -1.20. The lowest BCUT2D eigenvalue weighted by molar-refractivity contribution is -0.137. The maximum absolute atomic E-state index is 12.8. The molecule has 0 atom stereocenters. The zero-order chi connectivity index (χ0) is 15.0. The standard InChI is InChI=1S/C15H10F3N3/c16-15(17,18)11-3-1-2-9(6-11)13-7-10-8-20-5-4-12(10)14(19)21-13/h1-8H,(H2,19,21). The highest BCUT2D eigenvalue weighted by molar-refractivity contribution is 5.92. The molecular formula is C15H10F3N3. The van der Waals surface area contributed by atoms with Crippen LogP contribution < -0.4 is 5.73 Å². The average Bonchev–Trinajstić information content (AvgIpc) is 2.46. The van der Waals surface area contributed by atoms with Crippen LogP contribution in [-0.4, -0.2) is 9.97 Å². The number of fused-ring (bicyclic) bond motifs is 1. The quantitative estimate of drug-likeness (QED) is 0.739. The van der Waals surface area contributed by atoms with E-state index in [-0.39, 0.29) is 5.82 Å². The van der Waals surface area contributed by atoms with Gasteiger partial charge < -0.3 is 5.73 Å². The number of hydrogen-bond acceptors (Lipinski definition) is 3. The second-order valence-corrected chi connectivity index (χ2v) is 4.57. The molecule has 1 aromatic carbocycles. The topological polar surface area (TPSA) is 51.8 Å². The predicted molar refractivity (Wildman–Crippen MR) is 74.4 cm³/mol. The average molecular weight is 289 g/mol. The van der Waals surface area contributed by atoms with Gasteiger partial charge in [-0.1, -0.05) is 12.1 Å². The Morgan fingerprint density at radius 1 is 1.05 bits per heavy atom. The van der Waals surface area contributed by atoms with E-state index in [9.17, 15) is 13.2 Å². The van der Waals surface area contributed by atoms with Crippen molar-refractivity contribution in [3.8, 4) is 11.3 Å². The molecule has 0 radical (unpaired) electrons. The van der Waals surface area contributed by atoms with Crippen molar-refractivity contribution in [1.82, 2.24) is 9.97 Å². The van der Waals surface area contributed by atoms with Crippen LogP contribution in [0, 0.1) is 0 Å². The summed E-state index contributed by atoms with van der Waals surface area (Å²) in [4.78, 5) is 8.16. The summed E-state index contributed by atoms with van der Waals surface area (Å²) in [5.74, 6) is 0.266. The third-order valence-electron chi connectivity index (χ3n) is 3.15. The Balaban J connectivity index is 2.17.